The van der Waals surface area contributed by atoms with E-state index in [1.165, 1.54) is 30.0 Å². The van der Waals surface area contributed by atoms with Crippen LogP contribution in [0.15, 0.2) is 24.3 Å². The average molecular weight is 276 g/mol. The summed E-state index contributed by atoms with van der Waals surface area (Å²) < 4.78 is 34.5. The molecular formula is C11H13FO3S2. The first kappa shape index (κ1) is 14.2. The van der Waals surface area contributed by atoms with E-state index in [1.54, 1.807) is 6.07 Å². The molecule has 0 saturated carbocycles. The number of halogens is 1. The number of thioether (sulfide) groups is 1. The summed E-state index contributed by atoms with van der Waals surface area (Å²) in [5, 5.41) is 0. The van der Waals surface area contributed by atoms with Crippen LogP contribution in [-0.2, 0) is 9.84 Å². The smallest absolute Gasteiger partial charge is 0.172 e. The van der Waals surface area contributed by atoms with Crippen LogP contribution in [0, 0.1) is 5.82 Å². The number of hydrogen-bond acceptors (Lipinski definition) is 4. The van der Waals surface area contributed by atoms with Crippen LogP contribution < -0.4 is 0 Å². The molecule has 0 fully saturated rings. The van der Waals surface area contributed by atoms with E-state index in [1.807, 2.05) is 0 Å². The Morgan fingerprint density at radius 2 is 2.12 bits per heavy atom. The molecule has 0 aliphatic carbocycles. The maximum absolute atomic E-state index is 12.8. The van der Waals surface area contributed by atoms with Crippen LogP contribution in [0.25, 0.3) is 0 Å². The summed E-state index contributed by atoms with van der Waals surface area (Å²) in [5.74, 6) is -0.0487. The summed E-state index contributed by atoms with van der Waals surface area (Å²) in [6.45, 7) is 0. The maximum atomic E-state index is 12.8. The fourth-order valence-electron chi connectivity index (χ4n) is 1.12. The number of Topliss-reactive ketones (excluding diaryl/α,β-unsaturated/α-hetero) is 1. The first-order chi connectivity index (χ1) is 7.88. The summed E-state index contributed by atoms with van der Waals surface area (Å²) >= 11 is 1.24. The van der Waals surface area contributed by atoms with Crippen LogP contribution in [0.5, 0.6) is 0 Å². The summed E-state index contributed by atoms with van der Waals surface area (Å²) in [4.78, 5) is 11.6. The number of rotatable bonds is 6. The molecule has 0 aromatic heterocycles. The van der Waals surface area contributed by atoms with E-state index in [0.29, 0.717) is 11.3 Å². The van der Waals surface area contributed by atoms with E-state index in [2.05, 4.69) is 0 Å². The zero-order chi connectivity index (χ0) is 12.9. The summed E-state index contributed by atoms with van der Waals surface area (Å²) in [5.41, 5.74) is 0.317. The SMILES string of the molecule is CS(=O)(=O)CCSCC(=O)c1cccc(F)c1. The highest BCUT2D eigenvalue weighted by atomic mass is 32.2. The summed E-state index contributed by atoms with van der Waals surface area (Å²) in [6, 6.07) is 5.47. The Morgan fingerprint density at radius 1 is 1.41 bits per heavy atom. The van der Waals surface area contributed by atoms with Gasteiger partial charge in [0.1, 0.15) is 15.7 Å². The summed E-state index contributed by atoms with van der Waals surface area (Å²) in [7, 11) is -2.99. The Kier molecular flexibility index (Phi) is 5.14. The van der Waals surface area contributed by atoms with Crippen molar-refractivity contribution in [2.75, 3.05) is 23.5 Å². The lowest BCUT2D eigenvalue weighted by Gasteiger charge is -2.01. The molecule has 0 aliphatic heterocycles. The van der Waals surface area contributed by atoms with E-state index in [9.17, 15) is 17.6 Å². The topological polar surface area (TPSA) is 51.2 Å². The van der Waals surface area contributed by atoms with Crippen LogP contribution in [0.4, 0.5) is 4.39 Å². The molecule has 0 atom stereocenters. The lowest BCUT2D eigenvalue weighted by atomic mass is 10.1. The van der Waals surface area contributed by atoms with Gasteiger partial charge < -0.3 is 0 Å². The van der Waals surface area contributed by atoms with Gasteiger partial charge in [-0.05, 0) is 12.1 Å². The molecule has 0 spiro atoms. The highest BCUT2D eigenvalue weighted by Crippen LogP contribution is 2.09. The lowest BCUT2D eigenvalue weighted by Crippen LogP contribution is -2.08. The van der Waals surface area contributed by atoms with Crippen LogP contribution in [0.1, 0.15) is 10.4 Å². The normalized spacial score (nSPS) is 11.4. The Morgan fingerprint density at radius 3 is 2.71 bits per heavy atom. The Labute approximate surface area is 104 Å². The van der Waals surface area contributed by atoms with Gasteiger partial charge in [0.25, 0.3) is 0 Å². The Bertz CT molecular complexity index is 497. The molecule has 1 aromatic carbocycles. The number of ketones is 1. The van der Waals surface area contributed by atoms with Crippen molar-refractivity contribution in [2.24, 2.45) is 0 Å². The quantitative estimate of drug-likeness (QED) is 0.587. The van der Waals surface area contributed by atoms with Crippen molar-refractivity contribution < 1.29 is 17.6 Å². The molecule has 0 saturated heterocycles. The van der Waals surface area contributed by atoms with E-state index in [4.69, 9.17) is 0 Å². The second-order valence-corrected chi connectivity index (χ2v) is 6.98. The minimum absolute atomic E-state index is 0.0497. The molecule has 0 amide bonds. The van der Waals surface area contributed by atoms with Gasteiger partial charge in [0.05, 0.1) is 11.5 Å². The molecule has 0 heterocycles. The van der Waals surface area contributed by atoms with E-state index in [0.717, 1.165) is 6.26 Å². The van der Waals surface area contributed by atoms with Gasteiger partial charge in [-0.15, -0.1) is 0 Å². The molecule has 6 heteroatoms. The maximum Gasteiger partial charge on any atom is 0.172 e. The van der Waals surface area contributed by atoms with Crippen molar-refractivity contribution in [3.63, 3.8) is 0 Å². The molecule has 0 bridgehead atoms. The summed E-state index contributed by atoms with van der Waals surface area (Å²) in [6.07, 6.45) is 1.15. The zero-order valence-electron chi connectivity index (χ0n) is 9.35. The van der Waals surface area contributed by atoms with Gasteiger partial charge in [-0.1, -0.05) is 12.1 Å². The largest absolute Gasteiger partial charge is 0.293 e. The molecule has 0 aliphatic rings. The van der Waals surface area contributed by atoms with Crippen molar-refractivity contribution in [1.29, 1.82) is 0 Å². The first-order valence-electron chi connectivity index (χ1n) is 4.93. The van der Waals surface area contributed by atoms with Gasteiger partial charge >= 0.3 is 0 Å². The molecule has 1 aromatic rings. The molecule has 0 radical (unpaired) electrons. The monoisotopic (exact) mass is 276 g/mol. The van der Waals surface area contributed by atoms with Crippen molar-refractivity contribution in [3.8, 4) is 0 Å². The minimum atomic E-state index is -2.99. The second kappa shape index (κ2) is 6.16. The lowest BCUT2D eigenvalue weighted by molar-refractivity contribution is 0.102. The second-order valence-electron chi connectivity index (χ2n) is 3.62. The number of hydrogen-bond donors (Lipinski definition) is 0. The molecule has 0 N–H and O–H groups in total. The van der Waals surface area contributed by atoms with Crippen molar-refractivity contribution in [3.05, 3.63) is 35.6 Å². The molecule has 1 rings (SSSR count). The van der Waals surface area contributed by atoms with Crippen molar-refractivity contribution >= 4 is 27.4 Å². The van der Waals surface area contributed by atoms with Gasteiger partial charge in [-0.25, -0.2) is 12.8 Å². The third kappa shape index (κ3) is 5.83. The Hall–Kier alpha value is -0.880. The van der Waals surface area contributed by atoms with Gasteiger partial charge in [0.2, 0.25) is 0 Å². The molecular weight excluding hydrogens is 263 g/mol. The van der Waals surface area contributed by atoms with Crippen LogP contribution in [-0.4, -0.2) is 37.7 Å². The predicted octanol–water partition coefficient (Wildman–Crippen LogP) is 1.79. The van der Waals surface area contributed by atoms with Gasteiger partial charge in [-0.3, -0.25) is 4.79 Å². The zero-order valence-corrected chi connectivity index (χ0v) is 11.0. The molecule has 0 unspecified atom stereocenters. The fraction of sp³-hybridized carbons (Fsp3) is 0.364. The van der Waals surface area contributed by atoms with E-state index >= 15 is 0 Å². The minimum Gasteiger partial charge on any atom is -0.293 e. The van der Waals surface area contributed by atoms with E-state index < -0.39 is 15.7 Å². The number of carbonyl (C=O) groups is 1. The average Bonchev–Trinajstić information content (AvgIpc) is 2.23. The first-order valence-corrected chi connectivity index (χ1v) is 8.14. The highest BCUT2D eigenvalue weighted by Gasteiger charge is 2.08. The standard InChI is InChI=1S/C11H13FO3S2/c1-17(14,15)6-5-16-8-11(13)9-3-2-4-10(12)7-9/h2-4,7H,5-6,8H2,1H3. The number of benzene rings is 1. The van der Waals surface area contributed by atoms with Crippen molar-refractivity contribution in [1.82, 2.24) is 0 Å². The van der Waals surface area contributed by atoms with Gasteiger partial charge in [0, 0.05) is 17.6 Å². The molecule has 17 heavy (non-hydrogen) atoms. The van der Waals surface area contributed by atoms with Crippen LogP contribution in [0.2, 0.25) is 0 Å². The molecule has 3 nitrogen and oxygen atoms in total. The van der Waals surface area contributed by atoms with Crippen LogP contribution in [0.3, 0.4) is 0 Å². The third-order valence-corrected chi connectivity index (χ3v) is 4.14. The number of sulfone groups is 1. The van der Waals surface area contributed by atoms with Gasteiger partial charge in [0.15, 0.2) is 5.78 Å². The third-order valence-electron chi connectivity index (χ3n) is 1.98. The molecule has 94 valence electrons. The Balaban J connectivity index is 2.41. The highest BCUT2D eigenvalue weighted by molar-refractivity contribution is 8.01. The fourth-order valence-corrected chi connectivity index (χ4v) is 3.30. The number of carbonyl (C=O) groups excluding carboxylic acids is 1. The van der Waals surface area contributed by atoms with Gasteiger partial charge in [-0.2, -0.15) is 11.8 Å². The van der Waals surface area contributed by atoms with Crippen LogP contribution >= 0.6 is 11.8 Å². The predicted molar refractivity (Wildman–Crippen MR) is 67.8 cm³/mol. The van der Waals surface area contributed by atoms with E-state index in [-0.39, 0.29) is 17.3 Å². The van der Waals surface area contributed by atoms with Crippen molar-refractivity contribution in [2.45, 2.75) is 0 Å².